The molecule has 0 aliphatic heterocycles. The molecule has 0 aliphatic rings. The van der Waals surface area contributed by atoms with E-state index in [9.17, 15) is 9.59 Å². The van der Waals surface area contributed by atoms with Crippen LogP contribution in [0.25, 0.3) is 6.08 Å². The van der Waals surface area contributed by atoms with E-state index in [0.29, 0.717) is 21.9 Å². The van der Waals surface area contributed by atoms with E-state index in [1.165, 1.54) is 37.6 Å². The molecule has 0 unspecified atom stereocenters. The highest BCUT2D eigenvalue weighted by Crippen LogP contribution is 2.28. The topological polar surface area (TPSA) is 77.0 Å². The van der Waals surface area contributed by atoms with Gasteiger partial charge in [-0.1, -0.05) is 53.5 Å². The lowest BCUT2D eigenvalue weighted by molar-refractivity contribution is -0.129. The molecule has 0 bridgehead atoms. The standard InChI is InChI=1S/C24H18Cl2N2O4/c1-31-22-13-17(15-27-28-24(30)18-9-10-19(25)20(26)14-18)7-11-21(22)32-23(29)12-8-16-5-3-2-4-6-16/h2-15H,1H3,(H,28,30). The van der Waals surface area contributed by atoms with Crippen molar-refractivity contribution in [1.82, 2.24) is 5.43 Å². The van der Waals surface area contributed by atoms with Gasteiger partial charge in [0.2, 0.25) is 0 Å². The first-order valence-electron chi connectivity index (χ1n) is 9.37. The first-order chi connectivity index (χ1) is 15.5. The Morgan fingerprint density at radius 1 is 0.906 bits per heavy atom. The molecule has 3 rings (SSSR count). The number of nitrogens with zero attached hydrogens (tertiary/aromatic N) is 1. The third-order valence-electron chi connectivity index (χ3n) is 4.17. The van der Waals surface area contributed by atoms with Crippen molar-refractivity contribution in [3.63, 3.8) is 0 Å². The van der Waals surface area contributed by atoms with Crippen molar-refractivity contribution in [2.75, 3.05) is 7.11 Å². The summed E-state index contributed by atoms with van der Waals surface area (Å²) in [7, 11) is 1.46. The number of amides is 1. The molecule has 0 atom stereocenters. The maximum atomic E-state index is 12.1. The molecule has 0 aliphatic carbocycles. The van der Waals surface area contributed by atoms with Crippen LogP contribution in [0, 0.1) is 0 Å². The maximum Gasteiger partial charge on any atom is 0.336 e. The summed E-state index contributed by atoms with van der Waals surface area (Å²) in [5.41, 5.74) is 4.23. The van der Waals surface area contributed by atoms with Gasteiger partial charge >= 0.3 is 5.97 Å². The summed E-state index contributed by atoms with van der Waals surface area (Å²) < 4.78 is 10.6. The molecule has 0 aromatic heterocycles. The third kappa shape index (κ3) is 6.44. The van der Waals surface area contributed by atoms with Gasteiger partial charge < -0.3 is 9.47 Å². The van der Waals surface area contributed by atoms with Crippen LogP contribution in [-0.2, 0) is 4.79 Å². The molecule has 8 heteroatoms. The summed E-state index contributed by atoms with van der Waals surface area (Å²) in [6, 6.07) is 18.8. The molecule has 3 aromatic rings. The summed E-state index contributed by atoms with van der Waals surface area (Å²) in [5.74, 6) is -0.386. The molecule has 0 saturated carbocycles. The highest BCUT2D eigenvalue weighted by Gasteiger charge is 2.10. The SMILES string of the molecule is COc1cc(C=NNC(=O)c2ccc(Cl)c(Cl)c2)ccc1OC(=O)C=Cc1ccccc1. The predicted molar refractivity (Wildman–Crippen MR) is 126 cm³/mol. The number of nitrogens with one attached hydrogen (secondary N) is 1. The van der Waals surface area contributed by atoms with Gasteiger partial charge in [-0.15, -0.1) is 0 Å². The summed E-state index contributed by atoms with van der Waals surface area (Å²) in [4.78, 5) is 24.3. The average molecular weight is 469 g/mol. The number of hydrogen-bond donors (Lipinski definition) is 1. The van der Waals surface area contributed by atoms with Gasteiger partial charge in [-0.3, -0.25) is 4.79 Å². The van der Waals surface area contributed by atoms with Crippen LogP contribution in [0.1, 0.15) is 21.5 Å². The summed E-state index contributed by atoms with van der Waals surface area (Å²) >= 11 is 11.8. The number of hydrogen-bond acceptors (Lipinski definition) is 5. The van der Waals surface area contributed by atoms with E-state index in [0.717, 1.165) is 5.56 Å². The predicted octanol–water partition coefficient (Wildman–Crippen LogP) is 5.38. The molecule has 32 heavy (non-hydrogen) atoms. The van der Waals surface area contributed by atoms with E-state index in [1.54, 1.807) is 24.3 Å². The highest BCUT2D eigenvalue weighted by atomic mass is 35.5. The Morgan fingerprint density at radius 2 is 1.69 bits per heavy atom. The number of benzene rings is 3. The molecule has 0 fully saturated rings. The average Bonchev–Trinajstić information content (AvgIpc) is 2.81. The van der Waals surface area contributed by atoms with Crippen molar-refractivity contribution in [2.24, 2.45) is 5.10 Å². The van der Waals surface area contributed by atoms with Gasteiger partial charge in [0.15, 0.2) is 11.5 Å². The Bertz CT molecular complexity index is 1180. The van der Waals surface area contributed by atoms with E-state index >= 15 is 0 Å². The Labute approximate surface area is 195 Å². The molecule has 0 radical (unpaired) electrons. The van der Waals surface area contributed by atoms with Gasteiger partial charge in [0.25, 0.3) is 5.91 Å². The molecule has 6 nitrogen and oxygen atoms in total. The number of hydrazone groups is 1. The lowest BCUT2D eigenvalue weighted by Gasteiger charge is -2.08. The van der Waals surface area contributed by atoms with Crippen LogP contribution in [0.3, 0.4) is 0 Å². The lowest BCUT2D eigenvalue weighted by Crippen LogP contribution is -2.17. The largest absolute Gasteiger partial charge is 0.493 e. The molecule has 3 aromatic carbocycles. The minimum atomic E-state index is -0.539. The minimum absolute atomic E-state index is 0.257. The van der Waals surface area contributed by atoms with Crippen molar-refractivity contribution in [2.45, 2.75) is 0 Å². The molecule has 162 valence electrons. The number of esters is 1. The van der Waals surface area contributed by atoms with Gasteiger partial charge in [-0.25, -0.2) is 10.2 Å². The van der Waals surface area contributed by atoms with Crippen LogP contribution in [0.4, 0.5) is 0 Å². The number of rotatable bonds is 7. The molecule has 0 saturated heterocycles. The molecule has 0 heterocycles. The zero-order valence-electron chi connectivity index (χ0n) is 16.9. The number of ether oxygens (including phenoxy) is 2. The molecular weight excluding hydrogens is 451 g/mol. The Hall–Kier alpha value is -3.61. The zero-order valence-corrected chi connectivity index (χ0v) is 18.4. The van der Waals surface area contributed by atoms with Gasteiger partial charge in [-0.05, 0) is 53.6 Å². The second-order valence-corrected chi connectivity index (χ2v) is 7.22. The van der Waals surface area contributed by atoms with Gasteiger partial charge in [-0.2, -0.15) is 5.10 Å². The van der Waals surface area contributed by atoms with E-state index in [1.807, 2.05) is 30.3 Å². The fraction of sp³-hybridized carbons (Fsp3) is 0.0417. The van der Waals surface area contributed by atoms with Crippen molar-refractivity contribution < 1.29 is 19.1 Å². The second-order valence-electron chi connectivity index (χ2n) is 6.40. The van der Waals surface area contributed by atoms with E-state index < -0.39 is 11.9 Å². The summed E-state index contributed by atoms with van der Waals surface area (Å²) in [6.45, 7) is 0. The number of carbonyl (C=O) groups is 2. The van der Waals surface area contributed by atoms with Crippen LogP contribution in [0.15, 0.2) is 77.9 Å². The fourth-order valence-corrected chi connectivity index (χ4v) is 2.89. The summed E-state index contributed by atoms with van der Waals surface area (Å²) in [6.07, 6.45) is 4.42. The van der Waals surface area contributed by atoms with E-state index in [4.69, 9.17) is 32.7 Å². The van der Waals surface area contributed by atoms with E-state index in [2.05, 4.69) is 10.5 Å². The van der Waals surface area contributed by atoms with Crippen molar-refractivity contribution in [3.05, 3.63) is 99.5 Å². The van der Waals surface area contributed by atoms with Crippen LogP contribution in [-0.4, -0.2) is 25.2 Å². The fourth-order valence-electron chi connectivity index (χ4n) is 2.59. The maximum absolute atomic E-state index is 12.1. The third-order valence-corrected chi connectivity index (χ3v) is 4.91. The van der Waals surface area contributed by atoms with Gasteiger partial charge in [0.05, 0.1) is 23.4 Å². The molecule has 0 spiro atoms. The van der Waals surface area contributed by atoms with Crippen molar-refractivity contribution in [3.8, 4) is 11.5 Å². The molecule has 1 N–H and O–H groups in total. The molecule has 1 amide bonds. The van der Waals surface area contributed by atoms with Crippen LogP contribution in [0.2, 0.25) is 10.0 Å². The minimum Gasteiger partial charge on any atom is -0.493 e. The first kappa shape index (κ1) is 23.1. The lowest BCUT2D eigenvalue weighted by atomic mass is 10.2. The number of halogens is 2. The van der Waals surface area contributed by atoms with Crippen LogP contribution in [0.5, 0.6) is 11.5 Å². The van der Waals surface area contributed by atoms with Gasteiger partial charge in [0, 0.05) is 11.6 Å². The smallest absolute Gasteiger partial charge is 0.336 e. The Balaban J connectivity index is 1.62. The number of methoxy groups -OCH3 is 1. The van der Waals surface area contributed by atoms with Gasteiger partial charge in [0.1, 0.15) is 0 Å². The highest BCUT2D eigenvalue weighted by molar-refractivity contribution is 6.42. The van der Waals surface area contributed by atoms with Crippen LogP contribution >= 0.6 is 23.2 Å². The quantitative estimate of drug-likeness (QED) is 0.166. The van der Waals surface area contributed by atoms with Crippen molar-refractivity contribution >= 4 is 47.4 Å². The van der Waals surface area contributed by atoms with Crippen LogP contribution < -0.4 is 14.9 Å². The van der Waals surface area contributed by atoms with E-state index in [-0.39, 0.29) is 10.8 Å². The second kappa shape index (κ2) is 11.1. The first-order valence-corrected chi connectivity index (χ1v) is 10.1. The zero-order chi connectivity index (χ0) is 22.9. The van der Waals surface area contributed by atoms with Crippen molar-refractivity contribution in [1.29, 1.82) is 0 Å². The molecular formula is C24H18Cl2N2O4. The summed E-state index contributed by atoms with van der Waals surface area (Å²) in [5, 5.41) is 4.56. The Kier molecular flexibility index (Phi) is 8.02. The monoisotopic (exact) mass is 468 g/mol. The normalized spacial score (nSPS) is 11.0. The Morgan fingerprint density at radius 3 is 2.41 bits per heavy atom. The number of carbonyl (C=O) groups excluding carboxylic acids is 2.